The summed E-state index contributed by atoms with van der Waals surface area (Å²) in [4.78, 5) is 12.4. The van der Waals surface area contributed by atoms with Crippen molar-refractivity contribution in [3.8, 4) is 5.75 Å². The fourth-order valence-corrected chi connectivity index (χ4v) is 5.55. The molecule has 244 valence electrons. The number of fused-ring (bicyclic) bond motifs is 1. The van der Waals surface area contributed by atoms with Gasteiger partial charge in [0.1, 0.15) is 5.75 Å². The van der Waals surface area contributed by atoms with Gasteiger partial charge in [-0.2, -0.15) is 0 Å². The molecule has 3 aromatic carbocycles. The fourth-order valence-electron chi connectivity index (χ4n) is 5.06. The molecular formula is C35H45Cl2N3O5. The number of rotatable bonds is 17. The van der Waals surface area contributed by atoms with Crippen LogP contribution >= 0.6 is 23.2 Å². The van der Waals surface area contributed by atoms with E-state index in [0.29, 0.717) is 34.6 Å². The first kappa shape index (κ1) is 35.0. The monoisotopic (exact) mass is 657 g/mol. The molecule has 8 nitrogen and oxygen atoms in total. The molecule has 1 aliphatic rings. The zero-order valence-corrected chi connectivity index (χ0v) is 27.7. The van der Waals surface area contributed by atoms with Gasteiger partial charge in [0.05, 0.1) is 28.4 Å². The van der Waals surface area contributed by atoms with Crippen LogP contribution in [0.3, 0.4) is 0 Å². The van der Waals surface area contributed by atoms with Gasteiger partial charge in [0.25, 0.3) is 0 Å². The highest BCUT2D eigenvalue weighted by molar-refractivity contribution is 6.39. The SMILES string of the molecule is CC1(C)OCc2cc([C@@H](O)CNCCCCCCOCCCCc3cccc(NC(=O)Nc4c(Cl)cccc4Cl)c3)ccc2O1. The van der Waals surface area contributed by atoms with Crippen molar-refractivity contribution in [2.75, 3.05) is 36.9 Å². The van der Waals surface area contributed by atoms with E-state index in [2.05, 4.69) is 22.0 Å². The first-order valence-corrected chi connectivity index (χ1v) is 16.5. The van der Waals surface area contributed by atoms with E-state index in [1.54, 1.807) is 18.2 Å². The number of benzene rings is 3. The van der Waals surface area contributed by atoms with Crippen molar-refractivity contribution in [3.05, 3.63) is 87.4 Å². The summed E-state index contributed by atoms with van der Waals surface area (Å²) in [6.45, 7) is 7.19. The fraction of sp³-hybridized carbons (Fsp3) is 0.457. The van der Waals surface area contributed by atoms with E-state index < -0.39 is 17.9 Å². The van der Waals surface area contributed by atoms with Gasteiger partial charge in [-0.25, -0.2) is 4.79 Å². The molecule has 0 spiro atoms. The molecule has 0 radical (unpaired) electrons. The van der Waals surface area contributed by atoms with E-state index in [0.717, 1.165) is 87.1 Å². The maximum absolute atomic E-state index is 12.4. The third-order valence-electron chi connectivity index (χ3n) is 7.52. The van der Waals surface area contributed by atoms with Gasteiger partial charge < -0.3 is 35.3 Å². The molecule has 1 aliphatic heterocycles. The van der Waals surface area contributed by atoms with Gasteiger partial charge in [0.15, 0.2) is 0 Å². The highest BCUT2D eigenvalue weighted by Gasteiger charge is 2.27. The van der Waals surface area contributed by atoms with Gasteiger partial charge in [-0.05, 0) is 86.2 Å². The van der Waals surface area contributed by atoms with Crippen LogP contribution in [-0.4, -0.2) is 43.2 Å². The zero-order valence-electron chi connectivity index (χ0n) is 26.2. The first-order chi connectivity index (χ1) is 21.7. The van der Waals surface area contributed by atoms with E-state index in [4.69, 9.17) is 37.4 Å². The van der Waals surface area contributed by atoms with E-state index in [9.17, 15) is 9.90 Å². The summed E-state index contributed by atoms with van der Waals surface area (Å²) in [7, 11) is 0. The van der Waals surface area contributed by atoms with Gasteiger partial charge in [-0.1, -0.05) is 60.3 Å². The maximum Gasteiger partial charge on any atom is 0.323 e. The summed E-state index contributed by atoms with van der Waals surface area (Å²) in [5.41, 5.74) is 4.09. The number of unbranched alkanes of at least 4 members (excludes halogenated alkanes) is 4. The number of carbonyl (C=O) groups is 1. The molecule has 10 heteroatoms. The molecule has 0 aromatic heterocycles. The Balaban J connectivity index is 0.987. The number of para-hydroxylation sites is 1. The van der Waals surface area contributed by atoms with Crippen molar-refractivity contribution in [2.24, 2.45) is 0 Å². The maximum atomic E-state index is 12.4. The van der Waals surface area contributed by atoms with Crippen molar-refractivity contribution in [3.63, 3.8) is 0 Å². The molecule has 1 atom stereocenters. The molecule has 4 rings (SSSR count). The van der Waals surface area contributed by atoms with Gasteiger partial charge in [-0.3, -0.25) is 0 Å². The Morgan fingerprint density at radius 3 is 2.47 bits per heavy atom. The molecule has 0 saturated carbocycles. The Kier molecular flexibility index (Phi) is 13.8. The molecule has 0 aliphatic carbocycles. The first-order valence-electron chi connectivity index (χ1n) is 15.7. The summed E-state index contributed by atoms with van der Waals surface area (Å²) in [5, 5.41) is 20.2. The van der Waals surface area contributed by atoms with Crippen LogP contribution < -0.4 is 20.7 Å². The number of amides is 2. The van der Waals surface area contributed by atoms with Crippen LogP contribution in [0.15, 0.2) is 60.7 Å². The van der Waals surface area contributed by atoms with Crippen molar-refractivity contribution in [2.45, 2.75) is 77.3 Å². The van der Waals surface area contributed by atoms with E-state index >= 15 is 0 Å². The smallest absolute Gasteiger partial charge is 0.323 e. The average molecular weight is 659 g/mol. The minimum absolute atomic E-state index is 0.383. The number of nitrogens with one attached hydrogen (secondary N) is 3. The number of anilines is 2. The second-order valence-electron chi connectivity index (χ2n) is 11.7. The van der Waals surface area contributed by atoms with Crippen molar-refractivity contribution in [1.29, 1.82) is 0 Å². The lowest BCUT2D eigenvalue weighted by molar-refractivity contribution is -0.180. The van der Waals surface area contributed by atoms with Crippen LogP contribution in [0.1, 0.15) is 75.2 Å². The molecule has 4 N–H and O–H groups in total. The topological polar surface area (TPSA) is 101 Å². The molecule has 2 amide bonds. The molecular weight excluding hydrogens is 613 g/mol. The zero-order chi connectivity index (χ0) is 32.1. The lowest BCUT2D eigenvalue weighted by Crippen LogP contribution is -2.35. The molecule has 0 fully saturated rings. The molecule has 0 saturated heterocycles. The largest absolute Gasteiger partial charge is 0.463 e. The summed E-state index contributed by atoms with van der Waals surface area (Å²) < 4.78 is 17.4. The van der Waals surface area contributed by atoms with Crippen LogP contribution in [0.5, 0.6) is 5.75 Å². The number of aliphatic hydroxyl groups is 1. The Morgan fingerprint density at radius 2 is 1.67 bits per heavy atom. The third kappa shape index (κ3) is 11.8. The second kappa shape index (κ2) is 17.7. The Morgan fingerprint density at radius 1 is 0.933 bits per heavy atom. The van der Waals surface area contributed by atoms with Crippen molar-refractivity contribution < 1.29 is 24.1 Å². The predicted octanol–water partition coefficient (Wildman–Crippen LogP) is 8.51. The Hall–Kier alpha value is -2.85. The minimum atomic E-state index is -0.618. The van der Waals surface area contributed by atoms with Crippen LogP contribution in [0, 0.1) is 0 Å². The van der Waals surface area contributed by atoms with Crippen LogP contribution in [0.2, 0.25) is 10.0 Å². The van der Waals surface area contributed by atoms with E-state index in [-0.39, 0.29) is 0 Å². The highest BCUT2D eigenvalue weighted by atomic mass is 35.5. The number of urea groups is 1. The van der Waals surface area contributed by atoms with Crippen LogP contribution in [0.4, 0.5) is 16.2 Å². The summed E-state index contributed by atoms with van der Waals surface area (Å²) >= 11 is 12.3. The van der Waals surface area contributed by atoms with Gasteiger partial charge in [-0.15, -0.1) is 0 Å². The number of hydrogen-bond acceptors (Lipinski definition) is 6. The lowest BCUT2D eigenvalue weighted by Gasteiger charge is -2.33. The molecule has 3 aromatic rings. The second-order valence-corrected chi connectivity index (χ2v) is 12.6. The van der Waals surface area contributed by atoms with Gasteiger partial charge in [0, 0.05) is 44.9 Å². The van der Waals surface area contributed by atoms with Gasteiger partial charge in [0.2, 0.25) is 5.79 Å². The quantitative estimate of drug-likeness (QED) is 0.109. The number of ether oxygens (including phenoxy) is 3. The standard InChI is InChI=1S/C35H45Cl2N3O5/c1-35(2)44-24-27-22-26(16-17-32(27)45-35)31(41)23-38-18-6-3-4-7-19-43-20-8-5-11-25-12-9-13-28(21-25)39-34(42)40-33-29(36)14-10-15-30(33)37/h9-10,12-17,21-22,31,38,41H,3-8,11,18-20,23-24H2,1-2H3,(H2,39,40,42)/t31-/m0/s1. The minimum Gasteiger partial charge on any atom is -0.463 e. The van der Waals surface area contributed by atoms with E-state index in [1.165, 1.54) is 0 Å². The van der Waals surface area contributed by atoms with Crippen molar-refractivity contribution in [1.82, 2.24) is 5.32 Å². The number of aliphatic hydroxyl groups excluding tert-OH is 1. The predicted molar refractivity (Wildman–Crippen MR) is 182 cm³/mol. The molecule has 45 heavy (non-hydrogen) atoms. The summed E-state index contributed by atoms with van der Waals surface area (Å²) in [5.74, 6) is 0.202. The van der Waals surface area contributed by atoms with Gasteiger partial charge >= 0.3 is 6.03 Å². The molecule has 0 bridgehead atoms. The number of aryl methyl sites for hydroxylation is 1. The number of hydrogen-bond donors (Lipinski definition) is 4. The average Bonchev–Trinajstić information content (AvgIpc) is 3.00. The van der Waals surface area contributed by atoms with Crippen molar-refractivity contribution >= 4 is 40.6 Å². The summed E-state index contributed by atoms with van der Waals surface area (Å²) in [6.07, 6.45) is 6.71. The molecule has 0 unspecified atom stereocenters. The number of carbonyl (C=O) groups excluding carboxylic acids is 1. The highest BCUT2D eigenvalue weighted by Crippen LogP contribution is 2.33. The van der Waals surface area contributed by atoms with E-state index in [1.807, 2.05) is 50.2 Å². The van der Waals surface area contributed by atoms with Crippen LogP contribution in [-0.2, 0) is 22.5 Å². The Labute approximate surface area is 276 Å². The third-order valence-corrected chi connectivity index (χ3v) is 8.15. The molecule has 1 heterocycles. The summed E-state index contributed by atoms with van der Waals surface area (Å²) in [6, 6.07) is 18.3. The number of halogens is 2. The normalized spacial score (nSPS) is 14.3. The van der Waals surface area contributed by atoms with Crippen LogP contribution in [0.25, 0.3) is 0 Å². The Bertz CT molecular complexity index is 1370. The lowest BCUT2D eigenvalue weighted by atomic mass is 10.0.